The minimum Gasteiger partial charge on any atom is -0.452 e. The van der Waals surface area contributed by atoms with Gasteiger partial charge in [-0.05, 0) is 55.7 Å². The van der Waals surface area contributed by atoms with E-state index in [9.17, 15) is 22.4 Å². The molecule has 1 N–H and O–H groups in total. The molecule has 0 aromatic heterocycles. The predicted octanol–water partition coefficient (Wildman–Crippen LogP) is 3.03. The Kier molecular flexibility index (Phi) is 7.40. The lowest BCUT2D eigenvalue weighted by Gasteiger charge is -2.25. The first-order valence-electron chi connectivity index (χ1n) is 10.1. The zero-order valence-corrected chi connectivity index (χ0v) is 18.0. The fraction of sp³-hybridized carbons (Fsp3) is 0.364. The smallest absolute Gasteiger partial charge is 0.338 e. The van der Waals surface area contributed by atoms with Gasteiger partial charge in [0, 0.05) is 13.1 Å². The molecule has 1 aliphatic rings. The summed E-state index contributed by atoms with van der Waals surface area (Å²) in [5.41, 5.74) is 0.758. The van der Waals surface area contributed by atoms with E-state index < -0.39 is 34.5 Å². The molecule has 0 aliphatic carbocycles. The molecule has 1 aliphatic heterocycles. The lowest BCUT2D eigenvalue weighted by Crippen LogP contribution is -2.35. The summed E-state index contributed by atoms with van der Waals surface area (Å²) in [6.07, 6.45) is 2.62. The highest BCUT2D eigenvalue weighted by atomic mass is 32.2. The number of ether oxygens (including phenoxy) is 1. The van der Waals surface area contributed by atoms with Gasteiger partial charge >= 0.3 is 5.97 Å². The number of hydrogen-bond acceptors (Lipinski definition) is 5. The average molecular weight is 449 g/mol. The molecular weight excluding hydrogens is 423 g/mol. The van der Waals surface area contributed by atoms with Gasteiger partial charge in [0.25, 0.3) is 5.91 Å². The second kappa shape index (κ2) is 10.0. The number of amides is 1. The van der Waals surface area contributed by atoms with Crippen LogP contribution in [0.25, 0.3) is 0 Å². The Bertz CT molecular complexity index is 1030. The van der Waals surface area contributed by atoms with Crippen LogP contribution in [-0.2, 0) is 19.6 Å². The van der Waals surface area contributed by atoms with Crippen molar-refractivity contribution in [2.75, 3.05) is 19.7 Å². The van der Waals surface area contributed by atoms with Gasteiger partial charge in [-0.15, -0.1) is 0 Å². The van der Waals surface area contributed by atoms with Crippen molar-refractivity contribution < 1.29 is 27.1 Å². The third kappa shape index (κ3) is 5.89. The summed E-state index contributed by atoms with van der Waals surface area (Å²) in [5.74, 6) is -1.69. The minimum absolute atomic E-state index is 0.0261. The molecule has 0 unspecified atom stereocenters. The number of piperidine rings is 1. The van der Waals surface area contributed by atoms with E-state index in [1.54, 1.807) is 19.1 Å². The van der Waals surface area contributed by atoms with Crippen molar-refractivity contribution in [1.29, 1.82) is 0 Å². The first kappa shape index (κ1) is 22.9. The van der Waals surface area contributed by atoms with Crippen molar-refractivity contribution in [2.24, 2.45) is 0 Å². The number of nitrogens with one attached hydrogen (secondary N) is 1. The Morgan fingerprint density at radius 1 is 1.10 bits per heavy atom. The van der Waals surface area contributed by atoms with E-state index in [2.05, 4.69) is 5.32 Å². The molecular formula is C22H25FN2O5S. The highest BCUT2D eigenvalue weighted by molar-refractivity contribution is 7.89. The molecule has 1 atom stereocenters. The minimum atomic E-state index is -3.68. The van der Waals surface area contributed by atoms with E-state index in [4.69, 9.17) is 4.74 Å². The zero-order chi connectivity index (χ0) is 22.4. The number of benzene rings is 2. The van der Waals surface area contributed by atoms with Crippen molar-refractivity contribution in [3.8, 4) is 0 Å². The number of halogens is 1. The van der Waals surface area contributed by atoms with Crippen molar-refractivity contribution in [3.63, 3.8) is 0 Å². The highest BCUT2D eigenvalue weighted by Crippen LogP contribution is 2.21. The fourth-order valence-electron chi connectivity index (χ4n) is 3.37. The number of carbonyl (C=O) groups excluding carboxylic acids is 2. The molecule has 1 amide bonds. The maximum atomic E-state index is 13.0. The van der Waals surface area contributed by atoms with E-state index in [0.717, 1.165) is 19.3 Å². The van der Waals surface area contributed by atoms with Crippen LogP contribution in [0.1, 0.15) is 48.1 Å². The number of carbonyl (C=O) groups is 2. The van der Waals surface area contributed by atoms with Crippen LogP contribution in [0.4, 0.5) is 4.39 Å². The summed E-state index contributed by atoms with van der Waals surface area (Å²) < 4.78 is 45.1. The second-order valence-electron chi connectivity index (χ2n) is 7.41. The first-order valence-corrected chi connectivity index (χ1v) is 11.5. The molecule has 0 spiro atoms. The monoisotopic (exact) mass is 448 g/mol. The van der Waals surface area contributed by atoms with Crippen LogP contribution in [0.2, 0.25) is 0 Å². The van der Waals surface area contributed by atoms with Gasteiger partial charge in [0.2, 0.25) is 10.0 Å². The van der Waals surface area contributed by atoms with Crippen molar-refractivity contribution in [2.45, 2.75) is 37.1 Å². The van der Waals surface area contributed by atoms with Crippen LogP contribution >= 0.6 is 0 Å². The van der Waals surface area contributed by atoms with Gasteiger partial charge in [-0.2, -0.15) is 4.31 Å². The van der Waals surface area contributed by atoms with Crippen LogP contribution < -0.4 is 5.32 Å². The third-order valence-electron chi connectivity index (χ3n) is 5.10. The van der Waals surface area contributed by atoms with E-state index >= 15 is 0 Å². The van der Waals surface area contributed by atoms with E-state index in [-0.39, 0.29) is 16.3 Å². The first-order chi connectivity index (χ1) is 14.8. The highest BCUT2D eigenvalue weighted by Gasteiger charge is 2.26. The molecule has 0 saturated carbocycles. The normalized spacial score (nSPS) is 15.8. The third-order valence-corrected chi connectivity index (χ3v) is 7.00. The predicted molar refractivity (Wildman–Crippen MR) is 112 cm³/mol. The van der Waals surface area contributed by atoms with Gasteiger partial charge < -0.3 is 10.1 Å². The number of hydrogen-bond donors (Lipinski definition) is 1. The zero-order valence-electron chi connectivity index (χ0n) is 17.2. The summed E-state index contributed by atoms with van der Waals surface area (Å²) in [4.78, 5) is 24.5. The molecule has 1 fully saturated rings. The summed E-state index contributed by atoms with van der Waals surface area (Å²) in [5, 5.41) is 2.66. The quantitative estimate of drug-likeness (QED) is 0.658. The Labute approximate surface area is 181 Å². The number of rotatable bonds is 7. The number of esters is 1. The van der Waals surface area contributed by atoms with E-state index in [1.165, 1.54) is 40.7 Å². The molecule has 31 heavy (non-hydrogen) atoms. The second-order valence-corrected chi connectivity index (χ2v) is 9.35. The molecule has 3 rings (SSSR count). The van der Waals surface area contributed by atoms with E-state index in [1.807, 2.05) is 0 Å². The molecule has 166 valence electrons. The van der Waals surface area contributed by atoms with Gasteiger partial charge in [-0.1, -0.05) is 24.6 Å². The van der Waals surface area contributed by atoms with Gasteiger partial charge in [0.15, 0.2) is 6.61 Å². The molecule has 1 saturated heterocycles. The van der Waals surface area contributed by atoms with Crippen molar-refractivity contribution in [3.05, 3.63) is 65.5 Å². The lowest BCUT2D eigenvalue weighted by molar-refractivity contribution is -0.124. The summed E-state index contributed by atoms with van der Waals surface area (Å²) in [7, 11) is -3.68. The summed E-state index contributed by atoms with van der Waals surface area (Å²) in [6, 6.07) is 10.9. The lowest BCUT2D eigenvalue weighted by atomic mass is 10.1. The molecule has 0 bridgehead atoms. The largest absolute Gasteiger partial charge is 0.452 e. The van der Waals surface area contributed by atoms with Gasteiger partial charge in [0.1, 0.15) is 5.82 Å². The Hall–Kier alpha value is -2.78. The maximum absolute atomic E-state index is 13.0. The van der Waals surface area contributed by atoms with Gasteiger partial charge in [-0.25, -0.2) is 17.6 Å². The SMILES string of the molecule is C[C@H](NC(=O)COC(=O)c1cccc(S(=O)(=O)N2CCCCC2)c1)c1ccc(F)cc1. The van der Waals surface area contributed by atoms with Crippen molar-refractivity contribution in [1.82, 2.24) is 9.62 Å². The van der Waals surface area contributed by atoms with Crippen LogP contribution in [0.15, 0.2) is 53.4 Å². The molecule has 2 aromatic carbocycles. The Balaban J connectivity index is 1.58. The van der Waals surface area contributed by atoms with Gasteiger partial charge in [-0.3, -0.25) is 4.79 Å². The van der Waals surface area contributed by atoms with Crippen LogP contribution in [0, 0.1) is 5.82 Å². The summed E-state index contributed by atoms with van der Waals surface area (Å²) >= 11 is 0. The number of sulfonamides is 1. The fourth-order valence-corrected chi connectivity index (χ4v) is 4.93. The Morgan fingerprint density at radius 3 is 2.45 bits per heavy atom. The molecule has 0 radical (unpaired) electrons. The van der Waals surface area contributed by atoms with Crippen LogP contribution in [0.3, 0.4) is 0 Å². The topological polar surface area (TPSA) is 92.8 Å². The van der Waals surface area contributed by atoms with Crippen LogP contribution in [0.5, 0.6) is 0 Å². The van der Waals surface area contributed by atoms with Gasteiger partial charge in [0.05, 0.1) is 16.5 Å². The maximum Gasteiger partial charge on any atom is 0.338 e. The van der Waals surface area contributed by atoms with Crippen molar-refractivity contribution >= 4 is 21.9 Å². The Morgan fingerprint density at radius 2 is 1.77 bits per heavy atom. The molecule has 2 aromatic rings. The average Bonchev–Trinajstić information content (AvgIpc) is 2.78. The standard InChI is InChI=1S/C22H25FN2O5S/c1-16(17-8-10-19(23)11-9-17)24-21(26)15-30-22(27)18-6-5-7-20(14-18)31(28,29)25-12-3-2-4-13-25/h5-11,14,16H,2-4,12-13,15H2,1H3,(H,24,26)/t16-/m0/s1. The van der Waals surface area contributed by atoms with E-state index in [0.29, 0.717) is 18.7 Å². The molecule has 9 heteroatoms. The summed E-state index contributed by atoms with van der Waals surface area (Å²) in [6.45, 7) is 2.13. The number of nitrogens with zero attached hydrogens (tertiary/aromatic N) is 1. The van der Waals surface area contributed by atoms with Crippen LogP contribution in [-0.4, -0.2) is 44.3 Å². The molecule has 1 heterocycles. The molecule has 7 nitrogen and oxygen atoms in total.